The van der Waals surface area contributed by atoms with Crippen LogP contribution in [0.4, 0.5) is 10.1 Å². The highest BCUT2D eigenvalue weighted by molar-refractivity contribution is 5.72. The fourth-order valence-electron chi connectivity index (χ4n) is 1.15. The van der Waals surface area contributed by atoms with Crippen LogP contribution in [-0.4, -0.2) is 35.2 Å². The molecule has 0 heterocycles. The first-order valence-electron chi connectivity index (χ1n) is 6.58. The number of hydrogen-bond donors (Lipinski definition) is 4. The normalized spacial score (nSPS) is 8.61. The smallest absolute Gasteiger partial charge is 0.322 e. The summed E-state index contributed by atoms with van der Waals surface area (Å²) < 4.78 is 11.9. The van der Waals surface area contributed by atoms with E-state index in [9.17, 15) is 14.0 Å². The topological polar surface area (TPSA) is 113 Å². The Bertz CT molecular complexity index is 565. The molecular formula is C16H19FN2O4. The van der Waals surface area contributed by atoms with E-state index in [-0.39, 0.29) is 18.9 Å². The van der Waals surface area contributed by atoms with Crippen LogP contribution in [0.1, 0.15) is 0 Å². The van der Waals surface area contributed by atoms with Crippen molar-refractivity contribution >= 4 is 17.6 Å². The molecule has 0 aliphatic rings. The molecule has 5 N–H and O–H groups in total. The minimum absolute atomic E-state index is 0.0377. The first-order chi connectivity index (χ1) is 11.0. The van der Waals surface area contributed by atoms with E-state index in [0.29, 0.717) is 0 Å². The van der Waals surface area contributed by atoms with Crippen LogP contribution in [0.15, 0.2) is 60.7 Å². The molecule has 0 bridgehead atoms. The number of rotatable bonds is 4. The number of nitrogens with one attached hydrogen (secondary N) is 1. The van der Waals surface area contributed by atoms with E-state index in [1.165, 1.54) is 12.1 Å². The van der Waals surface area contributed by atoms with Gasteiger partial charge < -0.3 is 21.3 Å². The zero-order valence-electron chi connectivity index (χ0n) is 12.4. The molecule has 0 atom stereocenters. The second kappa shape index (κ2) is 12.8. The standard InChI is InChI=1S/C8H9NO2.C6H5F.C2H5NO2/c10-8(11)6-9-7-4-2-1-3-5-7;7-6-4-2-1-3-5-6;3-1-2(4)5/h1-5,9H,6H2,(H,10,11);1-5H;1,3H2,(H,4,5). The quantitative estimate of drug-likeness (QED) is 0.685. The van der Waals surface area contributed by atoms with Crippen molar-refractivity contribution in [2.45, 2.75) is 0 Å². The van der Waals surface area contributed by atoms with E-state index in [4.69, 9.17) is 10.2 Å². The summed E-state index contributed by atoms with van der Waals surface area (Å²) in [7, 11) is 0. The molecule has 0 aromatic heterocycles. The van der Waals surface area contributed by atoms with Crippen molar-refractivity contribution in [1.82, 2.24) is 0 Å². The lowest BCUT2D eigenvalue weighted by molar-refractivity contribution is -0.136. The molecule has 0 spiro atoms. The molecule has 0 unspecified atom stereocenters. The lowest BCUT2D eigenvalue weighted by atomic mass is 10.3. The van der Waals surface area contributed by atoms with Gasteiger partial charge in [0.1, 0.15) is 12.4 Å². The number of carboxylic acid groups (broad SMARTS) is 2. The molecule has 7 heteroatoms. The lowest BCUT2D eigenvalue weighted by Crippen LogP contribution is -2.11. The van der Waals surface area contributed by atoms with Crippen LogP contribution in [0, 0.1) is 5.82 Å². The average Bonchev–Trinajstić information content (AvgIpc) is 2.56. The van der Waals surface area contributed by atoms with Gasteiger partial charge in [0.15, 0.2) is 0 Å². The predicted octanol–water partition coefficient (Wildman–Crippen LogP) is 2.04. The molecule has 2 aromatic rings. The van der Waals surface area contributed by atoms with Gasteiger partial charge in [-0.1, -0.05) is 36.4 Å². The zero-order chi connectivity index (χ0) is 17.5. The number of nitrogens with two attached hydrogens (primary N) is 1. The van der Waals surface area contributed by atoms with Gasteiger partial charge in [-0.3, -0.25) is 9.59 Å². The van der Waals surface area contributed by atoms with Crippen molar-refractivity contribution in [3.63, 3.8) is 0 Å². The Balaban J connectivity index is 0.000000347. The molecule has 2 rings (SSSR count). The van der Waals surface area contributed by atoms with Gasteiger partial charge in [0, 0.05) is 5.69 Å². The Morgan fingerprint density at radius 1 is 0.913 bits per heavy atom. The van der Waals surface area contributed by atoms with Crippen LogP contribution in [0.5, 0.6) is 0 Å². The molecular weight excluding hydrogens is 303 g/mol. The molecule has 0 saturated carbocycles. The van der Waals surface area contributed by atoms with E-state index < -0.39 is 11.9 Å². The van der Waals surface area contributed by atoms with Crippen molar-refractivity contribution < 1.29 is 24.2 Å². The van der Waals surface area contributed by atoms with Gasteiger partial charge in [-0.15, -0.1) is 0 Å². The van der Waals surface area contributed by atoms with Gasteiger partial charge in [-0.2, -0.15) is 0 Å². The Hall–Kier alpha value is -2.93. The molecule has 0 amide bonds. The van der Waals surface area contributed by atoms with E-state index in [1.807, 2.05) is 30.3 Å². The summed E-state index contributed by atoms with van der Waals surface area (Å²) in [6.07, 6.45) is 0. The van der Waals surface area contributed by atoms with Crippen molar-refractivity contribution in [2.75, 3.05) is 18.4 Å². The highest BCUT2D eigenvalue weighted by Gasteiger charge is 1.94. The van der Waals surface area contributed by atoms with Gasteiger partial charge in [-0.25, -0.2) is 4.39 Å². The molecule has 6 nitrogen and oxygen atoms in total. The monoisotopic (exact) mass is 322 g/mol. The predicted molar refractivity (Wildman–Crippen MR) is 85.7 cm³/mol. The summed E-state index contributed by atoms with van der Waals surface area (Å²) in [5, 5.41) is 18.7. The average molecular weight is 322 g/mol. The van der Waals surface area contributed by atoms with E-state index in [2.05, 4.69) is 11.1 Å². The Morgan fingerprint density at radius 3 is 1.65 bits per heavy atom. The third kappa shape index (κ3) is 13.8. The van der Waals surface area contributed by atoms with Crippen LogP contribution in [-0.2, 0) is 9.59 Å². The van der Waals surface area contributed by atoms with Crippen molar-refractivity contribution in [3.8, 4) is 0 Å². The van der Waals surface area contributed by atoms with Crippen LogP contribution in [0.25, 0.3) is 0 Å². The Morgan fingerprint density at radius 2 is 1.35 bits per heavy atom. The van der Waals surface area contributed by atoms with Crippen LogP contribution in [0.3, 0.4) is 0 Å². The summed E-state index contributed by atoms with van der Waals surface area (Å²) in [6.45, 7) is -0.315. The Labute approximate surface area is 133 Å². The highest BCUT2D eigenvalue weighted by atomic mass is 19.1. The number of carbonyl (C=O) groups is 2. The second-order valence-electron chi connectivity index (χ2n) is 4.01. The number of anilines is 1. The van der Waals surface area contributed by atoms with Crippen LogP contribution >= 0.6 is 0 Å². The van der Waals surface area contributed by atoms with E-state index in [1.54, 1.807) is 18.2 Å². The zero-order valence-corrected chi connectivity index (χ0v) is 12.4. The minimum atomic E-state index is -0.968. The molecule has 0 radical (unpaired) electrons. The summed E-state index contributed by atoms with van der Waals surface area (Å²) in [4.78, 5) is 19.4. The van der Waals surface area contributed by atoms with E-state index >= 15 is 0 Å². The van der Waals surface area contributed by atoms with Gasteiger partial charge in [0.05, 0.1) is 6.54 Å². The molecule has 2 aromatic carbocycles. The maximum Gasteiger partial charge on any atom is 0.322 e. The maximum absolute atomic E-state index is 11.9. The lowest BCUT2D eigenvalue weighted by Gasteiger charge is -2.00. The number of benzene rings is 2. The summed E-state index contributed by atoms with van der Waals surface area (Å²) in [5.41, 5.74) is 5.40. The molecule has 0 saturated heterocycles. The highest BCUT2D eigenvalue weighted by Crippen LogP contribution is 2.03. The summed E-state index contributed by atoms with van der Waals surface area (Å²) in [5.74, 6) is -2.00. The molecule has 124 valence electrons. The number of para-hydroxylation sites is 1. The summed E-state index contributed by atoms with van der Waals surface area (Å²) >= 11 is 0. The summed E-state index contributed by atoms with van der Waals surface area (Å²) in [6, 6.07) is 17.2. The first-order valence-corrected chi connectivity index (χ1v) is 6.58. The van der Waals surface area contributed by atoms with Crippen molar-refractivity contribution in [1.29, 1.82) is 0 Å². The third-order valence-electron chi connectivity index (χ3n) is 2.13. The number of carboxylic acids is 2. The number of aliphatic carboxylic acids is 2. The van der Waals surface area contributed by atoms with Gasteiger partial charge in [0.2, 0.25) is 0 Å². The molecule has 0 aliphatic heterocycles. The Kier molecular flexibility index (Phi) is 11.2. The fourth-order valence-corrected chi connectivity index (χ4v) is 1.15. The van der Waals surface area contributed by atoms with Crippen molar-refractivity contribution in [2.24, 2.45) is 5.73 Å². The second-order valence-corrected chi connectivity index (χ2v) is 4.01. The molecule has 0 fully saturated rings. The van der Waals surface area contributed by atoms with E-state index in [0.717, 1.165) is 5.69 Å². The first kappa shape index (κ1) is 20.1. The fraction of sp³-hybridized carbons (Fsp3) is 0.125. The third-order valence-corrected chi connectivity index (χ3v) is 2.13. The van der Waals surface area contributed by atoms with Crippen LogP contribution in [0.2, 0.25) is 0 Å². The molecule has 23 heavy (non-hydrogen) atoms. The molecule has 0 aliphatic carbocycles. The van der Waals surface area contributed by atoms with Gasteiger partial charge in [-0.05, 0) is 24.3 Å². The van der Waals surface area contributed by atoms with Crippen LogP contribution < -0.4 is 11.1 Å². The van der Waals surface area contributed by atoms with Gasteiger partial charge >= 0.3 is 11.9 Å². The minimum Gasteiger partial charge on any atom is -0.480 e. The largest absolute Gasteiger partial charge is 0.480 e. The maximum atomic E-state index is 11.9. The van der Waals surface area contributed by atoms with Crippen molar-refractivity contribution in [3.05, 3.63) is 66.5 Å². The number of hydrogen-bond acceptors (Lipinski definition) is 4. The number of halogens is 1. The van der Waals surface area contributed by atoms with Gasteiger partial charge in [0.25, 0.3) is 0 Å². The SMILES string of the molecule is Fc1ccccc1.NCC(=O)O.O=C(O)CNc1ccccc1.